The summed E-state index contributed by atoms with van der Waals surface area (Å²) in [6, 6.07) is 0. The topological polar surface area (TPSA) is 93.7 Å². The summed E-state index contributed by atoms with van der Waals surface area (Å²) in [6.07, 6.45) is 4.43. The van der Waals surface area contributed by atoms with Crippen LogP contribution in [0.4, 0.5) is 0 Å². The van der Waals surface area contributed by atoms with Crippen molar-refractivity contribution in [1.29, 1.82) is 0 Å². The van der Waals surface area contributed by atoms with Crippen LogP contribution in [-0.4, -0.2) is 71.7 Å². The summed E-state index contributed by atoms with van der Waals surface area (Å²) in [5, 5.41) is 2.52. The molecule has 3 heterocycles. The number of likely N-dealkylation sites (N-methyl/N-ethyl adjacent to an activating group) is 1. The van der Waals surface area contributed by atoms with E-state index in [-0.39, 0.29) is 30.1 Å². The van der Waals surface area contributed by atoms with Crippen LogP contribution in [0.2, 0.25) is 0 Å². The van der Waals surface area contributed by atoms with Crippen molar-refractivity contribution in [3.8, 4) is 0 Å². The third kappa shape index (κ3) is 3.54. The maximum Gasteiger partial charge on any atom is 0.274 e. The largest absolute Gasteiger partial charge is 0.370 e. The monoisotopic (exact) mass is 334 g/mol. The molecule has 8 nitrogen and oxygen atoms in total. The summed E-state index contributed by atoms with van der Waals surface area (Å²) in [6.45, 7) is 3.45. The van der Waals surface area contributed by atoms with Crippen molar-refractivity contribution < 1.29 is 19.1 Å². The SMILES string of the molecule is CNC(=O)CO[C@H]1CO[C@@]2(CCN(C(=O)c3cnc(C)cn3)C2)C1. The Hall–Kier alpha value is -2.06. The van der Waals surface area contributed by atoms with E-state index in [2.05, 4.69) is 15.3 Å². The minimum atomic E-state index is -0.374. The van der Waals surface area contributed by atoms with Crippen molar-refractivity contribution >= 4 is 11.8 Å². The molecule has 2 aliphatic heterocycles. The van der Waals surface area contributed by atoms with E-state index in [9.17, 15) is 9.59 Å². The van der Waals surface area contributed by atoms with E-state index in [1.807, 2.05) is 6.92 Å². The Morgan fingerprint density at radius 3 is 3.00 bits per heavy atom. The summed E-state index contributed by atoms with van der Waals surface area (Å²) < 4.78 is 11.5. The van der Waals surface area contributed by atoms with Crippen LogP contribution in [0, 0.1) is 6.92 Å². The van der Waals surface area contributed by atoms with E-state index in [4.69, 9.17) is 9.47 Å². The van der Waals surface area contributed by atoms with Crippen molar-refractivity contribution in [2.24, 2.45) is 0 Å². The van der Waals surface area contributed by atoms with Crippen LogP contribution in [0.3, 0.4) is 0 Å². The maximum atomic E-state index is 12.5. The van der Waals surface area contributed by atoms with Gasteiger partial charge in [-0.3, -0.25) is 14.6 Å². The smallest absolute Gasteiger partial charge is 0.274 e. The second-order valence-electron chi connectivity index (χ2n) is 6.32. The molecule has 1 aromatic heterocycles. The molecular weight excluding hydrogens is 312 g/mol. The van der Waals surface area contributed by atoms with E-state index in [0.717, 1.165) is 12.1 Å². The third-order valence-electron chi connectivity index (χ3n) is 4.51. The highest BCUT2D eigenvalue weighted by Gasteiger charge is 2.47. The van der Waals surface area contributed by atoms with E-state index in [1.54, 1.807) is 18.1 Å². The molecule has 1 aromatic rings. The van der Waals surface area contributed by atoms with E-state index in [0.29, 0.717) is 31.8 Å². The van der Waals surface area contributed by atoms with E-state index >= 15 is 0 Å². The second-order valence-corrected chi connectivity index (χ2v) is 6.32. The average molecular weight is 334 g/mol. The van der Waals surface area contributed by atoms with Crippen LogP contribution in [0.5, 0.6) is 0 Å². The van der Waals surface area contributed by atoms with Gasteiger partial charge in [-0.25, -0.2) is 4.98 Å². The standard InChI is InChI=1S/C16H22N4O4/c1-11-6-19-13(7-18-11)15(22)20-4-3-16(10-20)5-12(8-24-16)23-9-14(21)17-2/h6-7,12H,3-5,8-10H2,1-2H3,(H,17,21)/t12-,16+/m1/s1. The van der Waals surface area contributed by atoms with Gasteiger partial charge < -0.3 is 19.7 Å². The molecule has 2 amide bonds. The summed E-state index contributed by atoms with van der Waals surface area (Å²) in [4.78, 5) is 33.8. The highest BCUT2D eigenvalue weighted by molar-refractivity contribution is 5.92. The normalized spacial score (nSPS) is 26.1. The first kappa shape index (κ1) is 16.8. The minimum Gasteiger partial charge on any atom is -0.370 e. The highest BCUT2D eigenvalue weighted by Crippen LogP contribution is 2.36. The number of amides is 2. The fourth-order valence-electron chi connectivity index (χ4n) is 3.14. The average Bonchev–Trinajstić information content (AvgIpc) is 3.20. The number of ether oxygens (including phenoxy) is 2. The van der Waals surface area contributed by atoms with Gasteiger partial charge in [-0.05, 0) is 13.3 Å². The zero-order chi connectivity index (χ0) is 17.2. The molecule has 2 aliphatic rings. The molecule has 130 valence electrons. The number of rotatable bonds is 4. The number of nitrogens with zero attached hydrogens (tertiary/aromatic N) is 3. The number of carbonyl (C=O) groups is 2. The lowest BCUT2D eigenvalue weighted by atomic mass is 9.98. The molecule has 2 fully saturated rings. The van der Waals surface area contributed by atoms with Gasteiger partial charge >= 0.3 is 0 Å². The van der Waals surface area contributed by atoms with Crippen molar-refractivity contribution in [2.45, 2.75) is 31.5 Å². The van der Waals surface area contributed by atoms with E-state index in [1.165, 1.54) is 6.20 Å². The first-order valence-corrected chi connectivity index (χ1v) is 8.05. The van der Waals surface area contributed by atoms with Crippen molar-refractivity contribution in [1.82, 2.24) is 20.2 Å². The molecular formula is C16H22N4O4. The van der Waals surface area contributed by atoms with Crippen molar-refractivity contribution in [3.05, 3.63) is 23.8 Å². The summed E-state index contributed by atoms with van der Waals surface area (Å²) in [5.41, 5.74) is 0.754. The summed E-state index contributed by atoms with van der Waals surface area (Å²) in [5.74, 6) is -0.283. The molecule has 1 spiro atoms. The Kier molecular flexibility index (Phi) is 4.77. The lowest BCUT2D eigenvalue weighted by Crippen LogP contribution is -2.36. The van der Waals surface area contributed by atoms with Crippen LogP contribution < -0.4 is 5.32 Å². The summed E-state index contributed by atoms with van der Waals surface area (Å²) >= 11 is 0. The Bertz CT molecular complexity index is 621. The van der Waals surface area contributed by atoms with Gasteiger partial charge in [0, 0.05) is 26.2 Å². The Morgan fingerprint density at radius 1 is 1.46 bits per heavy atom. The Morgan fingerprint density at radius 2 is 2.29 bits per heavy atom. The van der Waals surface area contributed by atoms with E-state index < -0.39 is 0 Å². The number of likely N-dealkylation sites (tertiary alicyclic amines) is 1. The molecule has 3 rings (SSSR count). The third-order valence-corrected chi connectivity index (χ3v) is 4.51. The Labute approximate surface area is 140 Å². The lowest BCUT2D eigenvalue weighted by molar-refractivity contribution is -0.127. The molecule has 24 heavy (non-hydrogen) atoms. The lowest BCUT2D eigenvalue weighted by Gasteiger charge is -2.23. The number of nitrogens with one attached hydrogen (secondary N) is 1. The fraction of sp³-hybridized carbons (Fsp3) is 0.625. The quantitative estimate of drug-likeness (QED) is 0.828. The number of hydrogen-bond acceptors (Lipinski definition) is 6. The maximum absolute atomic E-state index is 12.5. The molecule has 2 atom stereocenters. The first-order chi connectivity index (χ1) is 11.5. The van der Waals surface area contributed by atoms with Gasteiger partial charge in [-0.15, -0.1) is 0 Å². The number of hydrogen-bond donors (Lipinski definition) is 1. The van der Waals surface area contributed by atoms with Crippen LogP contribution in [0.15, 0.2) is 12.4 Å². The molecule has 0 bridgehead atoms. The zero-order valence-corrected chi connectivity index (χ0v) is 13.9. The van der Waals surface area contributed by atoms with Crippen molar-refractivity contribution in [3.63, 3.8) is 0 Å². The van der Waals surface area contributed by atoms with Crippen LogP contribution in [0.1, 0.15) is 29.0 Å². The van der Waals surface area contributed by atoms with Gasteiger partial charge in [-0.2, -0.15) is 0 Å². The zero-order valence-electron chi connectivity index (χ0n) is 13.9. The number of carbonyl (C=O) groups excluding carboxylic acids is 2. The predicted octanol–water partition coefficient (Wildman–Crippen LogP) is -0.0788. The van der Waals surface area contributed by atoms with Crippen LogP contribution in [-0.2, 0) is 14.3 Å². The summed E-state index contributed by atoms with van der Waals surface area (Å²) in [7, 11) is 1.58. The molecule has 0 aromatic carbocycles. The number of aryl methyl sites for hydroxylation is 1. The molecule has 0 aliphatic carbocycles. The fourth-order valence-corrected chi connectivity index (χ4v) is 3.14. The Balaban J connectivity index is 1.56. The van der Waals surface area contributed by atoms with Gasteiger partial charge in [0.1, 0.15) is 12.3 Å². The molecule has 2 saturated heterocycles. The van der Waals surface area contributed by atoms with Crippen LogP contribution in [0.25, 0.3) is 0 Å². The molecule has 0 unspecified atom stereocenters. The van der Waals surface area contributed by atoms with Gasteiger partial charge in [0.15, 0.2) is 0 Å². The molecule has 0 radical (unpaired) electrons. The molecule has 1 N–H and O–H groups in total. The molecule has 0 saturated carbocycles. The van der Waals surface area contributed by atoms with Gasteiger partial charge in [-0.1, -0.05) is 0 Å². The predicted molar refractivity (Wildman–Crippen MR) is 84.4 cm³/mol. The van der Waals surface area contributed by atoms with Crippen molar-refractivity contribution in [2.75, 3.05) is 33.4 Å². The van der Waals surface area contributed by atoms with Gasteiger partial charge in [0.25, 0.3) is 5.91 Å². The minimum absolute atomic E-state index is 0.0300. The molecule has 8 heteroatoms. The van der Waals surface area contributed by atoms with Crippen LogP contribution >= 0.6 is 0 Å². The van der Waals surface area contributed by atoms with Gasteiger partial charge in [0.05, 0.1) is 36.7 Å². The van der Waals surface area contributed by atoms with Gasteiger partial charge in [0.2, 0.25) is 5.91 Å². The highest BCUT2D eigenvalue weighted by atomic mass is 16.6. The first-order valence-electron chi connectivity index (χ1n) is 8.05. The number of aromatic nitrogens is 2. The second kappa shape index (κ2) is 6.82.